The van der Waals surface area contributed by atoms with Crippen molar-refractivity contribution in [3.8, 4) is 34.5 Å². The fourth-order valence-corrected chi connectivity index (χ4v) is 5.82. The summed E-state index contributed by atoms with van der Waals surface area (Å²) in [7, 11) is 0. The van der Waals surface area contributed by atoms with Gasteiger partial charge in [-0.2, -0.15) is 0 Å². The molecule has 0 aliphatic heterocycles. The lowest BCUT2D eigenvalue weighted by molar-refractivity contribution is 0.429. The second-order valence-electron chi connectivity index (χ2n) is 10.8. The average Bonchev–Trinajstić information content (AvgIpc) is 3.04. The van der Waals surface area contributed by atoms with Crippen LogP contribution in [0.5, 0.6) is 34.5 Å². The molecule has 0 spiro atoms. The van der Waals surface area contributed by atoms with Gasteiger partial charge < -0.3 is 30.6 Å². The molecule has 0 unspecified atom stereocenters. The Morgan fingerprint density at radius 3 is 0.800 bits per heavy atom. The summed E-state index contributed by atoms with van der Waals surface area (Å²) in [6.07, 6.45) is 0. The van der Waals surface area contributed by atoms with Gasteiger partial charge in [0.05, 0.1) is 5.41 Å². The first-order valence-corrected chi connectivity index (χ1v) is 14.4. The molecule has 6 heteroatoms. The monoisotopic (exact) mass is 598 g/mol. The van der Waals surface area contributed by atoms with Crippen LogP contribution in [-0.4, -0.2) is 30.6 Å². The molecular formula is C39H34O6. The standard InChI is InChI=1S/C20H18O3.C19H16O3/c1-20(14-8-2-5-11-17(14)21,15-9-3-6-12-18(15)22)16-10-4-7-13-19(16)23;20-16-10-4-1-7-13(16)19(14-8-2-5-11-17(14)21)15-9-3-6-12-18(15)22/h2-13,21-23H,1H3;1-12,19-22H. The van der Waals surface area contributed by atoms with Crippen molar-refractivity contribution in [1.82, 2.24) is 0 Å². The normalized spacial score (nSPS) is 11.1. The summed E-state index contributed by atoms with van der Waals surface area (Å²) in [5.41, 5.74) is 2.83. The number of rotatable bonds is 6. The Morgan fingerprint density at radius 2 is 0.556 bits per heavy atom. The predicted molar refractivity (Wildman–Crippen MR) is 175 cm³/mol. The molecule has 0 amide bonds. The lowest BCUT2D eigenvalue weighted by Gasteiger charge is -2.33. The quantitative estimate of drug-likeness (QED) is 0.108. The highest BCUT2D eigenvalue weighted by atomic mass is 16.3. The molecule has 6 aromatic rings. The number of hydrogen-bond acceptors (Lipinski definition) is 6. The van der Waals surface area contributed by atoms with Crippen molar-refractivity contribution in [2.24, 2.45) is 0 Å². The fourth-order valence-electron chi connectivity index (χ4n) is 5.82. The van der Waals surface area contributed by atoms with Gasteiger partial charge in [-0.05, 0) is 43.3 Å². The number of aromatic hydroxyl groups is 6. The molecule has 6 nitrogen and oxygen atoms in total. The third-order valence-electron chi connectivity index (χ3n) is 8.07. The Morgan fingerprint density at radius 1 is 0.333 bits per heavy atom. The highest BCUT2D eigenvalue weighted by Gasteiger charge is 2.37. The highest BCUT2D eigenvalue weighted by Crippen LogP contribution is 2.48. The van der Waals surface area contributed by atoms with E-state index in [4.69, 9.17) is 0 Å². The fraction of sp³-hybridized carbons (Fsp3) is 0.0769. The summed E-state index contributed by atoms with van der Waals surface area (Å²) in [5, 5.41) is 61.8. The molecule has 0 radical (unpaired) electrons. The van der Waals surface area contributed by atoms with E-state index in [1.165, 1.54) is 0 Å². The molecule has 0 aromatic heterocycles. The number of phenolic OH excluding ortho intramolecular Hbond substituents is 6. The molecule has 0 saturated carbocycles. The molecule has 6 rings (SSSR count). The van der Waals surface area contributed by atoms with Crippen LogP contribution in [0.4, 0.5) is 0 Å². The lowest BCUT2D eigenvalue weighted by Crippen LogP contribution is -2.25. The third-order valence-corrected chi connectivity index (χ3v) is 8.07. The van der Waals surface area contributed by atoms with E-state index in [1.54, 1.807) is 109 Å². The van der Waals surface area contributed by atoms with E-state index >= 15 is 0 Å². The predicted octanol–water partition coefficient (Wildman–Crippen LogP) is 8.14. The molecule has 6 aromatic carbocycles. The smallest absolute Gasteiger partial charge is 0.120 e. The van der Waals surface area contributed by atoms with Gasteiger partial charge in [0.2, 0.25) is 0 Å². The molecule has 0 saturated heterocycles. The van der Waals surface area contributed by atoms with Gasteiger partial charge in [-0.1, -0.05) is 109 Å². The zero-order chi connectivity index (χ0) is 32.0. The summed E-state index contributed by atoms with van der Waals surface area (Å²) in [6.45, 7) is 1.88. The Bertz CT molecular complexity index is 1700. The minimum Gasteiger partial charge on any atom is -0.508 e. The number of hydrogen-bond donors (Lipinski definition) is 6. The highest BCUT2D eigenvalue weighted by molar-refractivity contribution is 5.60. The van der Waals surface area contributed by atoms with Gasteiger partial charge in [0.1, 0.15) is 34.5 Å². The maximum Gasteiger partial charge on any atom is 0.120 e. The van der Waals surface area contributed by atoms with E-state index in [0.717, 1.165) is 0 Å². The van der Waals surface area contributed by atoms with Crippen LogP contribution >= 0.6 is 0 Å². The molecule has 0 heterocycles. The van der Waals surface area contributed by atoms with Crippen LogP contribution in [0.15, 0.2) is 146 Å². The van der Waals surface area contributed by atoms with Gasteiger partial charge in [0.15, 0.2) is 0 Å². The van der Waals surface area contributed by atoms with Crippen molar-refractivity contribution in [1.29, 1.82) is 0 Å². The summed E-state index contributed by atoms with van der Waals surface area (Å²) in [4.78, 5) is 0. The van der Waals surface area contributed by atoms with Gasteiger partial charge in [-0.15, -0.1) is 0 Å². The molecule has 0 aliphatic rings. The van der Waals surface area contributed by atoms with Crippen molar-refractivity contribution in [3.05, 3.63) is 179 Å². The molecule has 45 heavy (non-hydrogen) atoms. The Labute approximate surface area is 262 Å². The summed E-state index contributed by atoms with van der Waals surface area (Å²) < 4.78 is 0. The van der Waals surface area contributed by atoms with E-state index in [-0.39, 0.29) is 34.5 Å². The molecular weight excluding hydrogens is 564 g/mol. The number of benzene rings is 6. The van der Waals surface area contributed by atoms with E-state index in [2.05, 4.69) is 0 Å². The van der Waals surface area contributed by atoms with Crippen molar-refractivity contribution < 1.29 is 30.6 Å². The summed E-state index contributed by atoms with van der Waals surface area (Å²) in [6, 6.07) is 41.8. The maximum atomic E-state index is 10.4. The van der Waals surface area contributed by atoms with E-state index < -0.39 is 11.3 Å². The number of phenols is 6. The van der Waals surface area contributed by atoms with Gasteiger partial charge in [0.25, 0.3) is 0 Å². The summed E-state index contributed by atoms with van der Waals surface area (Å²) in [5.74, 6) is 0.255. The maximum absolute atomic E-state index is 10.4. The van der Waals surface area contributed by atoms with Crippen molar-refractivity contribution in [2.75, 3.05) is 0 Å². The van der Waals surface area contributed by atoms with Crippen LogP contribution in [0.25, 0.3) is 0 Å². The first-order valence-electron chi connectivity index (χ1n) is 14.4. The van der Waals surface area contributed by atoms with Crippen molar-refractivity contribution in [3.63, 3.8) is 0 Å². The Kier molecular flexibility index (Phi) is 8.96. The molecule has 226 valence electrons. The van der Waals surface area contributed by atoms with Crippen LogP contribution in [0.2, 0.25) is 0 Å². The third kappa shape index (κ3) is 6.12. The Balaban J connectivity index is 0.000000178. The average molecular weight is 599 g/mol. The van der Waals surface area contributed by atoms with Crippen molar-refractivity contribution in [2.45, 2.75) is 18.3 Å². The minimum absolute atomic E-state index is 0.113. The second-order valence-corrected chi connectivity index (χ2v) is 10.8. The largest absolute Gasteiger partial charge is 0.508 e. The van der Waals surface area contributed by atoms with E-state index in [1.807, 2.05) is 43.3 Å². The topological polar surface area (TPSA) is 121 Å². The Hall–Kier alpha value is -5.88. The van der Waals surface area contributed by atoms with Crippen molar-refractivity contribution >= 4 is 0 Å². The zero-order valence-electron chi connectivity index (χ0n) is 24.6. The lowest BCUT2D eigenvalue weighted by atomic mass is 9.70. The van der Waals surface area contributed by atoms with E-state index in [9.17, 15) is 30.6 Å². The van der Waals surface area contributed by atoms with Gasteiger partial charge >= 0.3 is 0 Å². The van der Waals surface area contributed by atoms with Gasteiger partial charge in [-0.3, -0.25) is 0 Å². The molecule has 6 N–H and O–H groups in total. The van der Waals surface area contributed by atoms with Crippen LogP contribution in [0.1, 0.15) is 46.2 Å². The van der Waals surface area contributed by atoms with Crippen LogP contribution in [0, 0.1) is 0 Å². The van der Waals surface area contributed by atoms with Gasteiger partial charge in [0, 0.05) is 39.3 Å². The molecule has 0 fully saturated rings. The zero-order valence-corrected chi connectivity index (χ0v) is 24.6. The molecule has 0 bridgehead atoms. The molecule has 0 aliphatic carbocycles. The minimum atomic E-state index is -0.901. The first kappa shape index (κ1) is 30.6. The van der Waals surface area contributed by atoms with Crippen LogP contribution in [-0.2, 0) is 5.41 Å². The molecule has 0 atom stereocenters. The van der Waals surface area contributed by atoms with Crippen LogP contribution < -0.4 is 0 Å². The van der Waals surface area contributed by atoms with E-state index in [0.29, 0.717) is 33.4 Å². The first-order chi connectivity index (χ1) is 21.7. The summed E-state index contributed by atoms with van der Waals surface area (Å²) >= 11 is 0. The second kappa shape index (κ2) is 13.2. The van der Waals surface area contributed by atoms with Gasteiger partial charge in [-0.25, -0.2) is 0 Å². The number of para-hydroxylation sites is 6. The van der Waals surface area contributed by atoms with Crippen LogP contribution in [0.3, 0.4) is 0 Å². The SMILES string of the molecule is CC(c1ccccc1O)(c1ccccc1O)c1ccccc1O.Oc1ccccc1C(c1ccccc1O)c1ccccc1O.